The van der Waals surface area contributed by atoms with Crippen molar-refractivity contribution in [1.29, 1.82) is 0 Å². The number of hydrogen-bond donors (Lipinski definition) is 0. The molecule has 1 aliphatic carbocycles. The fraction of sp³-hybridized carbons (Fsp3) is 0.895. The van der Waals surface area contributed by atoms with E-state index in [0.717, 1.165) is 36.9 Å². The highest BCUT2D eigenvalue weighted by atomic mass is 16.5. The lowest BCUT2D eigenvalue weighted by Crippen LogP contribution is -2.24. The third-order valence-corrected chi connectivity index (χ3v) is 5.87. The Morgan fingerprint density at radius 1 is 1.10 bits per heavy atom. The highest BCUT2D eigenvalue weighted by Gasteiger charge is 2.27. The monoisotopic (exact) mass is 278 g/mol. The summed E-state index contributed by atoms with van der Waals surface area (Å²) in [6, 6.07) is 0. The van der Waals surface area contributed by atoms with Crippen LogP contribution in [0.5, 0.6) is 0 Å². The molecule has 1 heterocycles. The Morgan fingerprint density at radius 2 is 1.75 bits per heavy atom. The Kier molecular flexibility index (Phi) is 6.61. The summed E-state index contributed by atoms with van der Waals surface area (Å²) in [4.78, 5) is 0. The highest BCUT2D eigenvalue weighted by molar-refractivity contribution is 5.07. The van der Waals surface area contributed by atoms with E-state index < -0.39 is 0 Å². The van der Waals surface area contributed by atoms with Gasteiger partial charge in [0.25, 0.3) is 0 Å². The Morgan fingerprint density at radius 3 is 2.35 bits per heavy atom. The van der Waals surface area contributed by atoms with E-state index >= 15 is 0 Å². The van der Waals surface area contributed by atoms with Crippen LogP contribution in [0.3, 0.4) is 0 Å². The van der Waals surface area contributed by atoms with Crippen molar-refractivity contribution in [3.8, 4) is 0 Å². The molecule has 0 radical (unpaired) electrons. The van der Waals surface area contributed by atoms with E-state index in [-0.39, 0.29) is 0 Å². The van der Waals surface area contributed by atoms with Gasteiger partial charge in [-0.1, -0.05) is 58.1 Å². The molecule has 0 aromatic carbocycles. The average molecular weight is 278 g/mol. The first-order valence-electron chi connectivity index (χ1n) is 8.98. The zero-order chi connectivity index (χ0) is 14.4. The van der Waals surface area contributed by atoms with Crippen LogP contribution in [0.25, 0.3) is 0 Å². The molecular weight excluding hydrogens is 244 g/mol. The van der Waals surface area contributed by atoms with Crippen LogP contribution in [-0.2, 0) is 4.74 Å². The predicted molar refractivity (Wildman–Crippen MR) is 86.8 cm³/mol. The Balaban J connectivity index is 1.85. The minimum absolute atomic E-state index is 0.729. The molecule has 20 heavy (non-hydrogen) atoms. The van der Waals surface area contributed by atoms with Crippen LogP contribution in [0.4, 0.5) is 0 Å². The number of hydrogen-bond acceptors (Lipinski definition) is 1. The summed E-state index contributed by atoms with van der Waals surface area (Å²) in [6.07, 6.45) is 12.4. The molecule has 0 amide bonds. The van der Waals surface area contributed by atoms with Gasteiger partial charge < -0.3 is 4.74 Å². The summed E-state index contributed by atoms with van der Waals surface area (Å²) >= 11 is 0. The highest BCUT2D eigenvalue weighted by Crippen LogP contribution is 2.38. The SMILES string of the molecule is C=C(C1CCOCC1)C(CC)CC(C)C1CCCCC1. The van der Waals surface area contributed by atoms with Crippen molar-refractivity contribution in [3.63, 3.8) is 0 Å². The molecule has 0 N–H and O–H groups in total. The van der Waals surface area contributed by atoms with Crippen molar-refractivity contribution >= 4 is 0 Å². The van der Waals surface area contributed by atoms with E-state index in [1.807, 2.05) is 0 Å². The molecule has 1 saturated carbocycles. The zero-order valence-corrected chi connectivity index (χ0v) is 13.7. The topological polar surface area (TPSA) is 9.23 Å². The lowest BCUT2D eigenvalue weighted by atomic mass is 9.73. The molecule has 2 unspecified atom stereocenters. The van der Waals surface area contributed by atoms with Crippen LogP contribution in [0.2, 0.25) is 0 Å². The van der Waals surface area contributed by atoms with Crippen LogP contribution in [0, 0.1) is 23.7 Å². The minimum atomic E-state index is 0.729. The lowest BCUT2D eigenvalue weighted by molar-refractivity contribution is 0.0721. The first-order valence-corrected chi connectivity index (χ1v) is 8.98. The second-order valence-electron chi connectivity index (χ2n) is 7.18. The average Bonchev–Trinajstić information content (AvgIpc) is 2.53. The second kappa shape index (κ2) is 8.22. The van der Waals surface area contributed by atoms with Crippen molar-refractivity contribution in [2.24, 2.45) is 23.7 Å². The standard InChI is InChI=1S/C19H34O/c1-4-17(16(3)19-10-12-20-13-11-19)14-15(2)18-8-6-5-7-9-18/h15,17-19H,3-14H2,1-2H3. The number of rotatable bonds is 6. The van der Waals surface area contributed by atoms with Crippen molar-refractivity contribution in [2.45, 2.75) is 71.6 Å². The second-order valence-corrected chi connectivity index (χ2v) is 7.18. The lowest BCUT2D eigenvalue weighted by Gasteiger charge is -2.34. The van der Waals surface area contributed by atoms with Gasteiger partial charge >= 0.3 is 0 Å². The molecule has 2 rings (SSSR count). The van der Waals surface area contributed by atoms with Crippen LogP contribution < -0.4 is 0 Å². The minimum Gasteiger partial charge on any atom is -0.381 e. The molecule has 1 nitrogen and oxygen atoms in total. The fourth-order valence-corrected chi connectivity index (χ4v) is 4.33. The van der Waals surface area contributed by atoms with Gasteiger partial charge in [-0.25, -0.2) is 0 Å². The summed E-state index contributed by atoms with van der Waals surface area (Å²) in [7, 11) is 0. The summed E-state index contributed by atoms with van der Waals surface area (Å²) in [6.45, 7) is 11.2. The van der Waals surface area contributed by atoms with Crippen molar-refractivity contribution < 1.29 is 4.74 Å². The third-order valence-electron chi connectivity index (χ3n) is 5.87. The molecule has 2 fully saturated rings. The summed E-state index contributed by atoms with van der Waals surface area (Å²) in [5.74, 6) is 3.35. The van der Waals surface area contributed by atoms with E-state index in [0.29, 0.717) is 0 Å². The molecule has 116 valence electrons. The van der Waals surface area contributed by atoms with Gasteiger partial charge in [0.05, 0.1) is 0 Å². The van der Waals surface area contributed by atoms with Crippen LogP contribution in [-0.4, -0.2) is 13.2 Å². The maximum Gasteiger partial charge on any atom is 0.0471 e. The van der Waals surface area contributed by atoms with Crippen LogP contribution in [0.15, 0.2) is 12.2 Å². The molecule has 1 saturated heterocycles. The summed E-state index contributed by atoms with van der Waals surface area (Å²) in [5, 5.41) is 0. The van der Waals surface area contributed by atoms with Gasteiger partial charge in [-0.2, -0.15) is 0 Å². The molecule has 0 aromatic rings. The number of allylic oxidation sites excluding steroid dienone is 1. The van der Waals surface area contributed by atoms with Gasteiger partial charge in [0.1, 0.15) is 0 Å². The Hall–Kier alpha value is -0.300. The van der Waals surface area contributed by atoms with Crippen molar-refractivity contribution in [3.05, 3.63) is 12.2 Å². The molecule has 0 bridgehead atoms. The van der Waals surface area contributed by atoms with Gasteiger partial charge in [-0.15, -0.1) is 0 Å². The van der Waals surface area contributed by atoms with E-state index in [9.17, 15) is 0 Å². The fourth-order valence-electron chi connectivity index (χ4n) is 4.33. The molecule has 0 spiro atoms. The first kappa shape index (κ1) is 16.1. The maximum absolute atomic E-state index is 5.50. The van der Waals surface area contributed by atoms with Crippen LogP contribution in [0.1, 0.15) is 71.6 Å². The summed E-state index contributed by atoms with van der Waals surface area (Å²) < 4.78 is 5.50. The Bertz CT molecular complexity index is 284. The molecule has 1 heteroatoms. The quantitative estimate of drug-likeness (QED) is 0.574. The molecule has 0 aromatic heterocycles. The van der Waals surface area contributed by atoms with E-state index in [1.54, 1.807) is 5.57 Å². The van der Waals surface area contributed by atoms with Gasteiger partial charge in [0.15, 0.2) is 0 Å². The zero-order valence-electron chi connectivity index (χ0n) is 13.7. The summed E-state index contributed by atoms with van der Waals surface area (Å²) in [5.41, 5.74) is 1.54. The van der Waals surface area contributed by atoms with Gasteiger partial charge in [-0.3, -0.25) is 0 Å². The van der Waals surface area contributed by atoms with E-state index in [1.165, 1.54) is 57.8 Å². The van der Waals surface area contributed by atoms with E-state index in [2.05, 4.69) is 20.4 Å². The van der Waals surface area contributed by atoms with Crippen molar-refractivity contribution in [2.75, 3.05) is 13.2 Å². The van der Waals surface area contributed by atoms with Crippen molar-refractivity contribution in [1.82, 2.24) is 0 Å². The van der Waals surface area contributed by atoms with Crippen LogP contribution >= 0.6 is 0 Å². The normalized spacial score (nSPS) is 25.3. The molecule has 2 aliphatic rings. The Labute approximate surface area is 126 Å². The molecular formula is C19H34O. The third kappa shape index (κ3) is 4.35. The maximum atomic E-state index is 5.50. The smallest absolute Gasteiger partial charge is 0.0471 e. The first-order chi connectivity index (χ1) is 9.72. The largest absolute Gasteiger partial charge is 0.381 e. The molecule has 1 aliphatic heterocycles. The van der Waals surface area contributed by atoms with Gasteiger partial charge in [-0.05, 0) is 49.4 Å². The molecule has 2 atom stereocenters. The number of ether oxygens (including phenoxy) is 1. The van der Waals surface area contributed by atoms with Gasteiger partial charge in [0, 0.05) is 13.2 Å². The van der Waals surface area contributed by atoms with E-state index in [4.69, 9.17) is 4.74 Å². The predicted octanol–water partition coefficient (Wildman–Crippen LogP) is 5.60. The van der Waals surface area contributed by atoms with Gasteiger partial charge in [0.2, 0.25) is 0 Å².